The molecule has 0 saturated heterocycles. The maximum Gasteiger partial charge on any atom is 0.156 e. The summed E-state index contributed by atoms with van der Waals surface area (Å²) >= 11 is 0. The summed E-state index contributed by atoms with van der Waals surface area (Å²) in [6, 6.07) is 23.3. The molecule has 4 rings (SSSR count). The van der Waals surface area contributed by atoms with Crippen molar-refractivity contribution < 1.29 is 12.6 Å². The van der Waals surface area contributed by atoms with E-state index in [1.165, 1.54) is 6.26 Å². The number of sulfone groups is 1. The van der Waals surface area contributed by atoms with Gasteiger partial charge >= 0.3 is 0 Å². The number of pyridine rings is 1. The molecule has 1 heterocycles. The summed E-state index contributed by atoms with van der Waals surface area (Å²) in [6.07, 6.45) is 4.69. The highest BCUT2D eigenvalue weighted by molar-refractivity contribution is 7.91. The van der Waals surface area contributed by atoms with Gasteiger partial charge in [0.15, 0.2) is 9.84 Å². The summed E-state index contributed by atoms with van der Waals surface area (Å²) in [5.41, 5.74) is 5.19. The van der Waals surface area contributed by atoms with Gasteiger partial charge in [0, 0.05) is 34.6 Å². The van der Waals surface area contributed by atoms with E-state index in [9.17, 15) is 12.6 Å². The lowest BCUT2D eigenvalue weighted by atomic mass is 9.92. The van der Waals surface area contributed by atoms with Gasteiger partial charge in [-0.15, -0.1) is 0 Å². The van der Waals surface area contributed by atoms with Crippen molar-refractivity contribution in [2.75, 3.05) is 12.5 Å². The van der Waals surface area contributed by atoms with Crippen LogP contribution in [-0.2, 0) is 25.4 Å². The van der Waals surface area contributed by atoms with Gasteiger partial charge in [-0.2, -0.15) is 0 Å². The lowest BCUT2D eigenvalue weighted by molar-refractivity contribution is 0.561. The van der Waals surface area contributed by atoms with E-state index in [0.29, 0.717) is 0 Å². The quantitative estimate of drug-likeness (QED) is 0.387. The third-order valence-corrected chi connectivity index (χ3v) is 9.07. The molecule has 6 heteroatoms. The van der Waals surface area contributed by atoms with E-state index in [1.54, 1.807) is 26.3 Å². The normalized spacial score (nSPS) is 13.2. The van der Waals surface area contributed by atoms with Crippen molar-refractivity contribution in [1.82, 2.24) is 4.98 Å². The smallest absolute Gasteiger partial charge is 0.156 e. The highest BCUT2D eigenvalue weighted by Gasteiger charge is 2.33. The Labute approximate surface area is 191 Å². The van der Waals surface area contributed by atoms with E-state index in [2.05, 4.69) is 4.98 Å². The first-order chi connectivity index (χ1) is 15.1. The van der Waals surface area contributed by atoms with Gasteiger partial charge in [0.25, 0.3) is 0 Å². The first-order valence-corrected chi connectivity index (χ1v) is 13.7. The van der Waals surface area contributed by atoms with Crippen LogP contribution in [0, 0.1) is 0 Å². The Hall–Kier alpha value is -2.83. The fourth-order valence-electron chi connectivity index (χ4n) is 3.78. The van der Waals surface area contributed by atoms with Gasteiger partial charge in [-0.25, -0.2) is 8.42 Å². The Balaban J connectivity index is 1.97. The number of hydrogen-bond acceptors (Lipinski definition) is 4. The topological polar surface area (TPSA) is 64.1 Å². The van der Waals surface area contributed by atoms with Gasteiger partial charge in [0.05, 0.1) is 21.1 Å². The van der Waals surface area contributed by atoms with E-state index in [-0.39, 0.29) is 0 Å². The van der Waals surface area contributed by atoms with Gasteiger partial charge < -0.3 is 0 Å². The second-order valence-electron chi connectivity index (χ2n) is 8.41. The maximum atomic E-state index is 12.5. The second-order valence-corrected chi connectivity index (χ2v) is 12.3. The maximum absolute atomic E-state index is 12.5. The highest BCUT2D eigenvalue weighted by atomic mass is 32.2. The molecule has 0 N–H and O–H groups in total. The van der Waals surface area contributed by atoms with Gasteiger partial charge in [0.2, 0.25) is 0 Å². The number of benzene rings is 3. The molecule has 0 spiro atoms. The van der Waals surface area contributed by atoms with Crippen molar-refractivity contribution in [2.24, 2.45) is 0 Å². The van der Waals surface area contributed by atoms with Crippen LogP contribution in [0.2, 0.25) is 0 Å². The van der Waals surface area contributed by atoms with Crippen molar-refractivity contribution in [1.29, 1.82) is 0 Å². The molecule has 4 nitrogen and oxygen atoms in total. The molecule has 0 fully saturated rings. The molecule has 0 bridgehead atoms. The molecule has 1 unspecified atom stereocenters. The minimum absolute atomic E-state index is 0.718. The summed E-state index contributed by atoms with van der Waals surface area (Å²) < 4.78 is 36.3. The second kappa shape index (κ2) is 8.26. The third kappa shape index (κ3) is 4.00. The predicted octanol–water partition coefficient (Wildman–Crippen LogP) is 5.59. The number of rotatable bonds is 5. The Morgan fingerprint density at radius 1 is 0.844 bits per heavy atom. The van der Waals surface area contributed by atoms with Crippen molar-refractivity contribution in [3.8, 4) is 22.3 Å². The number of hydrogen-bond donors (Lipinski definition) is 0. The molecule has 4 aromatic rings. The number of fused-ring (bicyclic) bond motifs is 1. The third-order valence-electron chi connectivity index (χ3n) is 6.01. The SMILES string of the molecule is CS(=O)c1ccccc1-c1cccc(-c2cc(C(C)(C)S(C)(=O)=O)cc3cccnc23)c1. The molecule has 164 valence electrons. The van der Waals surface area contributed by atoms with E-state index in [0.717, 1.165) is 43.6 Å². The molecule has 0 aliphatic heterocycles. The molecule has 0 amide bonds. The minimum atomic E-state index is -3.34. The summed E-state index contributed by atoms with van der Waals surface area (Å²) in [6.45, 7) is 3.46. The summed E-state index contributed by atoms with van der Waals surface area (Å²) in [5, 5.41) is 0.886. The standard InChI is InChI=1S/C26H25NO3S2/c1-26(2,32(4,29)30)21-16-20-11-8-14-27-25(20)23(17-21)19-10-7-9-18(15-19)22-12-5-6-13-24(22)31(3)28/h5-17H,1-4H3. The monoisotopic (exact) mass is 463 g/mol. The zero-order chi connectivity index (χ0) is 23.1. The van der Waals surface area contributed by atoms with Crippen LogP contribution in [0.4, 0.5) is 0 Å². The molecule has 0 radical (unpaired) electrons. The molecular weight excluding hydrogens is 438 g/mol. The summed E-state index contributed by atoms with van der Waals surface area (Å²) in [5.74, 6) is 0. The van der Waals surface area contributed by atoms with Gasteiger partial charge in [-0.1, -0.05) is 42.5 Å². The number of nitrogens with zero attached hydrogens (tertiary/aromatic N) is 1. The van der Waals surface area contributed by atoms with Crippen LogP contribution in [0.3, 0.4) is 0 Å². The fourth-order valence-corrected chi connectivity index (χ4v) is 5.10. The highest BCUT2D eigenvalue weighted by Crippen LogP contribution is 2.37. The minimum Gasteiger partial charge on any atom is -0.256 e. The molecule has 0 aliphatic rings. The van der Waals surface area contributed by atoms with Crippen LogP contribution in [-0.4, -0.2) is 30.1 Å². The summed E-state index contributed by atoms with van der Waals surface area (Å²) in [7, 11) is -4.46. The molecule has 32 heavy (non-hydrogen) atoms. The van der Waals surface area contributed by atoms with Crippen LogP contribution in [0.15, 0.2) is 83.9 Å². The summed E-state index contributed by atoms with van der Waals surface area (Å²) in [4.78, 5) is 5.37. The average molecular weight is 464 g/mol. The molecule has 1 aromatic heterocycles. The van der Waals surface area contributed by atoms with Crippen molar-refractivity contribution in [3.05, 3.63) is 84.6 Å². The van der Waals surface area contributed by atoms with E-state index < -0.39 is 25.4 Å². The van der Waals surface area contributed by atoms with Crippen LogP contribution < -0.4 is 0 Å². The molecule has 3 aromatic carbocycles. The number of aromatic nitrogens is 1. The zero-order valence-electron chi connectivity index (χ0n) is 18.5. The van der Waals surface area contributed by atoms with Gasteiger partial charge in [-0.05, 0) is 66.4 Å². The van der Waals surface area contributed by atoms with Crippen molar-refractivity contribution in [2.45, 2.75) is 23.5 Å². The van der Waals surface area contributed by atoms with Crippen LogP contribution >= 0.6 is 0 Å². The largest absolute Gasteiger partial charge is 0.256 e. The van der Waals surface area contributed by atoms with Gasteiger partial charge in [-0.3, -0.25) is 9.19 Å². The fraction of sp³-hybridized carbons (Fsp3) is 0.192. The lowest BCUT2D eigenvalue weighted by Gasteiger charge is -2.24. The van der Waals surface area contributed by atoms with Gasteiger partial charge in [0.1, 0.15) is 0 Å². The van der Waals surface area contributed by atoms with E-state index in [4.69, 9.17) is 0 Å². The van der Waals surface area contributed by atoms with Crippen molar-refractivity contribution in [3.63, 3.8) is 0 Å². The van der Waals surface area contributed by atoms with Crippen LogP contribution in [0.25, 0.3) is 33.2 Å². The predicted molar refractivity (Wildman–Crippen MR) is 133 cm³/mol. The lowest BCUT2D eigenvalue weighted by Crippen LogP contribution is -2.28. The first-order valence-electron chi connectivity index (χ1n) is 10.2. The van der Waals surface area contributed by atoms with Crippen molar-refractivity contribution >= 4 is 31.5 Å². The van der Waals surface area contributed by atoms with E-state index in [1.807, 2.05) is 72.8 Å². The van der Waals surface area contributed by atoms with E-state index >= 15 is 0 Å². The zero-order valence-corrected chi connectivity index (χ0v) is 20.1. The Bertz CT molecular complexity index is 1460. The van der Waals surface area contributed by atoms with Crippen LogP contribution in [0.5, 0.6) is 0 Å². The molecular formula is C26H25NO3S2. The average Bonchev–Trinajstić information content (AvgIpc) is 2.77. The molecule has 0 aliphatic carbocycles. The molecule has 0 saturated carbocycles. The first kappa shape index (κ1) is 22.4. The Kier molecular flexibility index (Phi) is 5.77. The Morgan fingerprint density at radius 3 is 2.22 bits per heavy atom. The molecule has 1 atom stereocenters. The van der Waals surface area contributed by atoms with Crippen LogP contribution in [0.1, 0.15) is 19.4 Å². The Morgan fingerprint density at radius 2 is 1.53 bits per heavy atom.